The van der Waals surface area contributed by atoms with Crippen molar-refractivity contribution in [3.63, 3.8) is 0 Å². The molecule has 0 fully saturated rings. The fourth-order valence-electron chi connectivity index (χ4n) is 3.17. The maximum Gasteiger partial charge on any atom is 0.100 e. The molecule has 1 rings (SSSR count). The van der Waals surface area contributed by atoms with Gasteiger partial charge in [-0.1, -0.05) is 57.6 Å². The highest BCUT2D eigenvalue weighted by Crippen LogP contribution is 2.13. The van der Waals surface area contributed by atoms with Gasteiger partial charge in [-0.25, -0.2) is 0 Å². The maximum absolute atomic E-state index is 5.97. The fraction of sp³-hybridized carbons (Fsp3) is 0.850. The average molecular weight is 322 g/mol. The predicted octanol–water partition coefficient (Wildman–Crippen LogP) is 5.26. The van der Waals surface area contributed by atoms with Crippen LogP contribution in [0.3, 0.4) is 0 Å². The Labute approximate surface area is 144 Å². The number of unbranched alkanes of at least 4 members (excludes halogenated alkanes) is 9. The van der Waals surface area contributed by atoms with Crippen molar-refractivity contribution in [2.45, 2.75) is 97.1 Å². The summed E-state index contributed by atoms with van der Waals surface area (Å²) in [4.78, 5) is 6.84. The Balaban J connectivity index is 1.87. The van der Waals surface area contributed by atoms with E-state index in [9.17, 15) is 0 Å². The summed E-state index contributed by atoms with van der Waals surface area (Å²) in [5.41, 5.74) is 5.97. The first kappa shape index (κ1) is 20.2. The van der Waals surface area contributed by atoms with Gasteiger partial charge in [0.1, 0.15) is 5.84 Å². The molecule has 134 valence electrons. The first-order chi connectivity index (χ1) is 11.3. The van der Waals surface area contributed by atoms with Crippen molar-refractivity contribution in [3.8, 4) is 0 Å². The zero-order valence-corrected chi connectivity index (χ0v) is 15.6. The van der Waals surface area contributed by atoms with Crippen molar-refractivity contribution in [1.82, 2.24) is 4.90 Å². The lowest BCUT2D eigenvalue weighted by Crippen LogP contribution is -2.41. The monoisotopic (exact) mass is 321 g/mol. The van der Waals surface area contributed by atoms with Crippen molar-refractivity contribution in [2.24, 2.45) is 10.7 Å². The van der Waals surface area contributed by atoms with Crippen LogP contribution >= 0.6 is 0 Å². The Morgan fingerprint density at radius 2 is 1.61 bits per heavy atom. The Kier molecular flexibility index (Phi) is 11.9. The number of nitrogens with two attached hydrogens (primary N) is 1. The molecule has 0 aromatic carbocycles. The first-order valence-electron chi connectivity index (χ1n) is 9.96. The molecule has 0 bridgehead atoms. The van der Waals surface area contributed by atoms with Crippen LogP contribution in [-0.2, 0) is 0 Å². The third kappa shape index (κ3) is 9.80. The number of amidine groups is 1. The van der Waals surface area contributed by atoms with Crippen LogP contribution < -0.4 is 5.73 Å². The Morgan fingerprint density at radius 3 is 2.26 bits per heavy atom. The van der Waals surface area contributed by atoms with Gasteiger partial charge in [-0.15, -0.1) is 0 Å². The van der Waals surface area contributed by atoms with Gasteiger partial charge in [0.2, 0.25) is 0 Å². The van der Waals surface area contributed by atoms with E-state index in [0.29, 0.717) is 0 Å². The molecular formula is C20H39N3. The molecule has 1 aliphatic heterocycles. The molecular weight excluding hydrogens is 282 g/mol. The van der Waals surface area contributed by atoms with Crippen LogP contribution in [0.5, 0.6) is 0 Å². The van der Waals surface area contributed by atoms with Gasteiger partial charge in [0.05, 0.1) is 12.7 Å². The minimum atomic E-state index is 0.117. The second-order valence-corrected chi connectivity index (χ2v) is 6.86. The minimum absolute atomic E-state index is 0.117. The summed E-state index contributed by atoms with van der Waals surface area (Å²) < 4.78 is 0. The summed E-state index contributed by atoms with van der Waals surface area (Å²) in [6, 6.07) is 0. The molecule has 2 N–H and O–H groups in total. The molecule has 23 heavy (non-hydrogen) atoms. The zero-order valence-electron chi connectivity index (χ0n) is 15.6. The lowest BCUT2D eigenvalue weighted by atomic mass is 10.1. The molecule has 0 aromatic rings. The Hall–Kier alpha value is -0.830. The van der Waals surface area contributed by atoms with Crippen molar-refractivity contribution in [1.29, 1.82) is 0 Å². The first-order valence-corrected chi connectivity index (χ1v) is 9.96. The van der Waals surface area contributed by atoms with E-state index in [2.05, 4.69) is 35.9 Å². The van der Waals surface area contributed by atoms with Crippen LogP contribution in [0.25, 0.3) is 0 Å². The largest absolute Gasteiger partial charge is 0.343 e. The highest BCUT2D eigenvalue weighted by atomic mass is 15.3. The topological polar surface area (TPSA) is 41.6 Å². The molecule has 0 amide bonds. The molecule has 1 atom stereocenters. The molecule has 0 aliphatic carbocycles. The van der Waals surface area contributed by atoms with Crippen LogP contribution in [-0.4, -0.2) is 30.0 Å². The van der Waals surface area contributed by atoms with Gasteiger partial charge in [0.25, 0.3) is 0 Å². The second kappa shape index (κ2) is 13.6. The number of hydrogen-bond donors (Lipinski definition) is 1. The molecule has 3 nitrogen and oxygen atoms in total. The van der Waals surface area contributed by atoms with Gasteiger partial charge >= 0.3 is 0 Å². The summed E-state index contributed by atoms with van der Waals surface area (Å²) in [7, 11) is 0. The Morgan fingerprint density at radius 1 is 1.00 bits per heavy atom. The third-order valence-corrected chi connectivity index (χ3v) is 4.62. The van der Waals surface area contributed by atoms with E-state index in [4.69, 9.17) is 5.73 Å². The van der Waals surface area contributed by atoms with E-state index in [0.717, 1.165) is 19.5 Å². The maximum atomic E-state index is 5.97. The zero-order chi connectivity index (χ0) is 16.8. The quantitative estimate of drug-likeness (QED) is 0.350. The van der Waals surface area contributed by atoms with Gasteiger partial charge in [0, 0.05) is 13.0 Å². The lowest BCUT2D eigenvalue weighted by molar-refractivity contribution is 0.358. The lowest BCUT2D eigenvalue weighted by Gasteiger charge is -2.24. The summed E-state index contributed by atoms with van der Waals surface area (Å²) in [6.45, 7) is 6.26. The normalized spacial score (nSPS) is 16.3. The molecule has 0 radical (unpaired) electrons. The molecule has 0 spiro atoms. The van der Waals surface area contributed by atoms with Gasteiger partial charge < -0.3 is 10.6 Å². The number of nitrogens with zero attached hydrogens (tertiary/aromatic N) is 2. The van der Waals surface area contributed by atoms with E-state index < -0.39 is 0 Å². The van der Waals surface area contributed by atoms with E-state index in [-0.39, 0.29) is 6.17 Å². The van der Waals surface area contributed by atoms with Gasteiger partial charge in [-0.05, 0) is 39.0 Å². The molecule has 0 aromatic heterocycles. The van der Waals surface area contributed by atoms with Crippen molar-refractivity contribution in [2.75, 3.05) is 13.1 Å². The van der Waals surface area contributed by atoms with Crippen LogP contribution in [0.4, 0.5) is 0 Å². The molecule has 0 saturated heterocycles. The van der Waals surface area contributed by atoms with Crippen molar-refractivity contribution >= 4 is 5.84 Å². The number of rotatable bonds is 14. The predicted molar refractivity (Wildman–Crippen MR) is 103 cm³/mol. The van der Waals surface area contributed by atoms with Gasteiger partial charge in [-0.3, -0.25) is 4.99 Å². The molecule has 1 unspecified atom stereocenters. The molecule has 3 heteroatoms. The third-order valence-electron chi connectivity index (χ3n) is 4.62. The highest BCUT2D eigenvalue weighted by molar-refractivity contribution is 5.83. The van der Waals surface area contributed by atoms with Crippen molar-refractivity contribution in [3.05, 3.63) is 12.2 Å². The fourth-order valence-corrected chi connectivity index (χ4v) is 3.17. The Bertz CT molecular complexity index is 334. The molecule has 1 aliphatic rings. The van der Waals surface area contributed by atoms with E-state index >= 15 is 0 Å². The van der Waals surface area contributed by atoms with Gasteiger partial charge in [-0.2, -0.15) is 0 Å². The number of aliphatic imine (C=N–C) groups is 1. The highest BCUT2D eigenvalue weighted by Gasteiger charge is 2.18. The average Bonchev–Trinajstić information content (AvgIpc) is 3.00. The summed E-state index contributed by atoms with van der Waals surface area (Å²) in [6.07, 6.45) is 20.7. The number of allylic oxidation sites excluding steroid dienone is 2. The summed E-state index contributed by atoms with van der Waals surface area (Å²) in [5.74, 6) is 1.24. The van der Waals surface area contributed by atoms with Crippen LogP contribution in [0.1, 0.15) is 90.9 Å². The van der Waals surface area contributed by atoms with Crippen LogP contribution in [0.15, 0.2) is 17.1 Å². The smallest absolute Gasteiger partial charge is 0.100 e. The SMILES string of the molecule is CCCCC/C=C/CCCCCCCCC1=NCCN1C(C)N. The van der Waals surface area contributed by atoms with Gasteiger partial charge in [0.15, 0.2) is 0 Å². The van der Waals surface area contributed by atoms with Crippen molar-refractivity contribution < 1.29 is 0 Å². The van der Waals surface area contributed by atoms with E-state index in [1.807, 2.05) is 0 Å². The summed E-state index contributed by atoms with van der Waals surface area (Å²) in [5, 5.41) is 0. The van der Waals surface area contributed by atoms with Crippen LogP contribution in [0, 0.1) is 0 Å². The number of hydrogen-bond acceptors (Lipinski definition) is 3. The van der Waals surface area contributed by atoms with E-state index in [1.165, 1.54) is 76.5 Å². The summed E-state index contributed by atoms with van der Waals surface area (Å²) >= 11 is 0. The van der Waals surface area contributed by atoms with E-state index in [1.54, 1.807) is 0 Å². The molecule has 1 heterocycles. The molecule has 0 saturated carbocycles. The minimum Gasteiger partial charge on any atom is -0.343 e. The van der Waals surface area contributed by atoms with Crippen LogP contribution in [0.2, 0.25) is 0 Å². The standard InChI is InChI=1S/C20H39N3/c1-3-4-5-6-7-8-9-10-11-12-13-14-15-16-20-22-17-18-23(20)19(2)21/h7-8,19H,3-6,9-18,21H2,1-2H3/b8-7+. The second-order valence-electron chi connectivity index (χ2n) is 6.86.